The SMILES string of the molecule is Nc1ccc(C(=O)OCc2ccc3c(c2)CCC3)nc1. The van der Waals surface area contributed by atoms with Crippen molar-refractivity contribution in [3.63, 3.8) is 0 Å². The van der Waals surface area contributed by atoms with Crippen LogP contribution in [0.1, 0.15) is 33.6 Å². The second kappa shape index (κ2) is 5.33. The van der Waals surface area contributed by atoms with E-state index in [1.54, 1.807) is 12.1 Å². The molecule has 0 bridgehead atoms. The van der Waals surface area contributed by atoms with E-state index in [0.29, 0.717) is 5.69 Å². The fourth-order valence-electron chi connectivity index (χ4n) is 2.46. The third-order valence-corrected chi connectivity index (χ3v) is 3.53. The number of rotatable bonds is 3. The van der Waals surface area contributed by atoms with Crippen molar-refractivity contribution >= 4 is 11.7 Å². The van der Waals surface area contributed by atoms with Gasteiger partial charge in [0.05, 0.1) is 11.9 Å². The quantitative estimate of drug-likeness (QED) is 0.869. The summed E-state index contributed by atoms with van der Waals surface area (Å²) in [6, 6.07) is 9.49. The van der Waals surface area contributed by atoms with E-state index in [-0.39, 0.29) is 12.3 Å². The molecule has 0 saturated carbocycles. The van der Waals surface area contributed by atoms with Crippen molar-refractivity contribution in [2.45, 2.75) is 25.9 Å². The standard InChI is InChI=1S/C16H16N2O2/c17-14-6-7-15(18-9-14)16(19)20-10-11-4-5-12-2-1-3-13(12)8-11/h4-9H,1-3,10,17H2. The van der Waals surface area contributed by atoms with Gasteiger partial charge in [-0.15, -0.1) is 0 Å². The first-order valence-electron chi connectivity index (χ1n) is 6.72. The number of pyridine rings is 1. The van der Waals surface area contributed by atoms with Crippen molar-refractivity contribution in [2.75, 3.05) is 5.73 Å². The van der Waals surface area contributed by atoms with Crippen LogP contribution in [0.3, 0.4) is 0 Å². The fourth-order valence-corrected chi connectivity index (χ4v) is 2.46. The van der Waals surface area contributed by atoms with Gasteiger partial charge in [-0.2, -0.15) is 0 Å². The summed E-state index contributed by atoms with van der Waals surface area (Å²) in [4.78, 5) is 15.8. The van der Waals surface area contributed by atoms with Gasteiger partial charge in [-0.05, 0) is 48.1 Å². The summed E-state index contributed by atoms with van der Waals surface area (Å²) in [5, 5.41) is 0. The third kappa shape index (κ3) is 2.64. The number of carbonyl (C=O) groups excluding carboxylic acids is 1. The molecule has 1 aliphatic carbocycles. The lowest BCUT2D eigenvalue weighted by Crippen LogP contribution is -2.07. The molecule has 1 heterocycles. The summed E-state index contributed by atoms with van der Waals surface area (Å²) in [7, 11) is 0. The minimum atomic E-state index is -0.425. The van der Waals surface area contributed by atoms with Crippen LogP contribution < -0.4 is 5.73 Å². The molecule has 4 heteroatoms. The first kappa shape index (κ1) is 12.7. The summed E-state index contributed by atoms with van der Waals surface area (Å²) in [5.74, 6) is -0.425. The average Bonchev–Trinajstić information content (AvgIpc) is 2.93. The van der Waals surface area contributed by atoms with Crippen LogP contribution in [0, 0.1) is 0 Å². The Balaban J connectivity index is 1.64. The number of anilines is 1. The van der Waals surface area contributed by atoms with E-state index in [0.717, 1.165) is 18.4 Å². The highest BCUT2D eigenvalue weighted by Crippen LogP contribution is 2.23. The lowest BCUT2D eigenvalue weighted by atomic mass is 10.1. The van der Waals surface area contributed by atoms with Gasteiger partial charge in [0.25, 0.3) is 0 Å². The highest BCUT2D eigenvalue weighted by atomic mass is 16.5. The molecule has 1 aromatic carbocycles. The van der Waals surface area contributed by atoms with Gasteiger partial charge < -0.3 is 10.5 Å². The Morgan fingerprint density at radius 2 is 2.05 bits per heavy atom. The molecule has 0 aliphatic heterocycles. The van der Waals surface area contributed by atoms with Gasteiger partial charge in [0.15, 0.2) is 0 Å². The Labute approximate surface area is 117 Å². The topological polar surface area (TPSA) is 65.2 Å². The van der Waals surface area contributed by atoms with Crippen molar-refractivity contribution in [1.82, 2.24) is 4.98 Å². The third-order valence-electron chi connectivity index (χ3n) is 3.53. The van der Waals surface area contributed by atoms with Crippen molar-refractivity contribution < 1.29 is 9.53 Å². The van der Waals surface area contributed by atoms with Gasteiger partial charge in [0, 0.05) is 0 Å². The minimum Gasteiger partial charge on any atom is -0.456 e. The number of nitrogens with two attached hydrogens (primary N) is 1. The number of carbonyl (C=O) groups is 1. The number of nitrogen functional groups attached to an aromatic ring is 1. The Morgan fingerprint density at radius 1 is 1.20 bits per heavy atom. The molecule has 20 heavy (non-hydrogen) atoms. The molecule has 1 aliphatic rings. The molecule has 0 saturated heterocycles. The molecule has 4 nitrogen and oxygen atoms in total. The molecule has 0 unspecified atom stereocenters. The molecule has 1 aromatic heterocycles. The first-order valence-corrected chi connectivity index (χ1v) is 6.72. The Hall–Kier alpha value is -2.36. The van der Waals surface area contributed by atoms with E-state index in [4.69, 9.17) is 10.5 Å². The van der Waals surface area contributed by atoms with Crippen LogP contribution >= 0.6 is 0 Å². The molecule has 0 atom stereocenters. The largest absolute Gasteiger partial charge is 0.456 e. The second-order valence-corrected chi connectivity index (χ2v) is 5.01. The molecule has 102 valence electrons. The lowest BCUT2D eigenvalue weighted by Gasteiger charge is -2.06. The number of aryl methyl sites for hydroxylation is 2. The van der Waals surface area contributed by atoms with Gasteiger partial charge in [0.1, 0.15) is 12.3 Å². The van der Waals surface area contributed by atoms with Crippen LogP contribution in [-0.2, 0) is 24.2 Å². The molecule has 0 amide bonds. The Kier molecular flexibility index (Phi) is 3.37. The number of benzene rings is 1. The second-order valence-electron chi connectivity index (χ2n) is 5.01. The molecule has 0 spiro atoms. The van der Waals surface area contributed by atoms with Crippen molar-refractivity contribution in [2.24, 2.45) is 0 Å². The Bertz CT molecular complexity index is 635. The van der Waals surface area contributed by atoms with E-state index in [2.05, 4.69) is 17.1 Å². The summed E-state index contributed by atoms with van der Waals surface area (Å²) in [6.07, 6.45) is 4.95. The smallest absolute Gasteiger partial charge is 0.357 e. The van der Waals surface area contributed by atoms with Gasteiger partial charge in [0.2, 0.25) is 0 Å². The molecular weight excluding hydrogens is 252 g/mol. The zero-order valence-corrected chi connectivity index (χ0v) is 11.1. The summed E-state index contributed by atoms with van der Waals surface area (Å²) >= 11 is 0. The van der Waals surface area contributed by atoms with Crippen LogP contribution in [0.15, 0.2) is 36.5 Å². The maximum Gasteiger partial charge on any atom is 0.357 e. The molecule has 0 fully saturated rings. The van der Waals surface area contributed by atoms with Crippen LogP contribution in [0.5, 0.6) is 0 Å². The zero-order valence-electron chi connectivity index (χ0n) is 11.1. The lowest BCUT2D eigenvalue weighted by molar-refractivity contribution is 0.0465. The van der Waals surface area contributed by atoms with Crippen molar-refractivity contribution in [3.8, 4) is 0 Å². The minimum absolute atomic E-state index is 0.276. The maximum atomic E-state index is 11.8. The average molecular weight is 268 g/mol. The number of esters is 1. The normalized spacial score (nSPS) is 13.0. The first-order chi connectivity index (χ1) is 9.72. The van der Waals surface area contributed by atoms with Crippen LogP contribution in [-0.4, -0.2) is 11.0 Å². The number of fused-ring (bicyclic) bond motifs is 1. The van der Waals surface area contributed by atoms with Crippen molar-refractivity contribution in [3.05, 3.63) is 58.9 Å². The highest BCUT2D eigenvalue weighted by Gasteiger charge is 2.12. The number of hydrogen-bond acceptors (Lipinski definition) is 4. The Morgan fingerprint density at radius 3 is 2.85 bits per heavy atom. The zero-order chi connectivity index (χ0) is 13.9. The van der Waals surface area contributed by atoms with Gasteiger partial charge in [-0.3, -0.25) is 0 Å². The van der Waals surface area contributed by atoms with Gasteiger partial charge in [-0.1, -0.05) is 18.2 Å². The maximum absolute atomic E-state index is 11.8. The molecule has 0 radical (unpaired) electrons. The molecule has 3 rings (SSSR count). The van der Waals surface area contributed by atoms with E-state index >= 15 is 0 Å². The van der Waals surface area contributed by atoms with E-state index < -0.39 is 5.97 Å². The fraction of sp³-hybridized carbons (Fsp3) is 0.250. The van der Waals surface area contributed by atoms with Crippen LogP contribution in [0.25, 0.3) is 0 Å². The van der Waals surface area contributed by atoms with Crippen LogP contribution in [0.4, 0.5) is 5.69 Å². The van der Waals surface area contributed by atoms with Crippen molar-refractivity contribution in [1.29, 1.82) is 0 Å². The van der Waals surface area contributed by atoms with Crippen LogP contribution in [0.2, 0.25) is 0 Å². The summed E-state index contributed by atoms with van der Waals surface area (Å²) in [5.41, 5.74) is 10.2. The predicted molar refractivity (Wildman–Crippen MR) is 76.2 cm³/mol. The van der Waals surface area contributed by atoms with Gasteiger partial charge >= 0.3 is 5.97 Å². The summed E-state index contributed by atoms with van der Waals surface area (Å²) in [6.45, 7) is 0.276. The molecular formula is C16H16N2O2. The van der Waals surface area contributed by atoms with E-state index in [1.807, 2.05) is 6.07 Å². The highest BCUT2D eigenvalue weighted by molar-refractivity contribution is 5.87. The van der Waals surface area contributed by atoms with E-state index in [1.165, 1.54) is 23.7 Å². The predicted octanol–water partition coefficient (Wildman–Crippen LogP) is 2.51. The number of aromatic nitrogens is 1. The summed E-state index contributed by atoms with van der Waals surface area (Å²) < 4.78 is 5.27. The van der Waals surface area contributed by atoms with Gasteiger partial charge in [-0.25, -0.2) is 9.78 Å². The monoisotopic (exact) mass is 268 g/mol. The van der Waals surface area contributed by atoms with E-state index in [9.17, 15) is 4.79 Å². The molecule has 2 N–H and O–H groups in total. The molecule has 2 aromatic rings. The number of nitrogens with zero attached hydrogens (tertiary/aromatic N) is 1. The number of hydrogen-bond donors (Lipinski definition) is 1. The number of ether oxygens (including phenoxy) is 1.